The highest BCUT2D eigenvalue weighted by molar-refractivity contribution is 5.96. The minimum absolute atomic E-state index is 0.0521. The summed E-state index contributed by atoms with van der Waals surface area (Å²) in [6.45, 7) is 4.68. The van der Waals surface area contributed by atoms with Crippen LogP contribution in [-0.4, -0.2) is 76.4 Å². The zero-order chi connectivity index (χ0) is 20.9. The number of carbonyl (C=O) groups is 2. The number of aromatic nitrogens is 1. The van der Waals surface area contributed by atoms with E-state index in [0.29, 0.717) is 24.8 Å². The summed E-state index contributed by atoms with van der Waals surface area (Å²) < 4.78 is 1.81. The maximum Gasteiger partial charge on any atom is 0.270 e. The monoisotopic (exact) mass is 408 g/mol. The molecular formula is C24H32N4O2. The fourth-order valence-electron chi connectivity index (χ4n) is 4.70. The maximum atomic E-state index is 12.8. The summed E-state index contributed by atoms with van der Waals surface area (Å²) in [4.78, 5) is 31.7. The molecule has 0 atom stereocenters. The summed E-state index contributed by atoms with van der Waals surface area (Å²) in [6, 6.07) is 14.6. The van der Waals surface area contributed by atoms with Gasteiger partial charge in [-0.3, -0.25) is 9.59 Å². The Hall–Kier alpha value is -2.60. The highest BCUT2D eigenvalue weighted by atomic mass is 16.2. The van der Waals surface area contributed by atoms with E-state index >= 15 is 0 Å². The summed E-state index contributed by atoms with van der Waals surface area (Å²) in [7, 11) is 1.86. The third-order valence-electron chi connectivity index (χ3n) is 6.49. The van der Waals surface area contributed by atoms with E-state index in [0.717, 1.165) is 38.9 Å². The van der Waals surface area contributed by atoms with Crippen LogP contribution in [-0.2, 0) is 18.3 Å². The Morgan fingerprint density at radius 2 is 1.77 bits per heavy atom. The number of carbonyl (C=O) groups excluding carboxylic acids is 2. The third-order valence-corrected chi connectivity index (χ3v) is 6.49. The van der Waals surface area contributed by atoms with Crippen LogP contribution in [0.15, 0.2) is 48.7 Å². The molecule has 30 heavy (non-hydrogen) atoms. The molecule has 2 saturated heterocycles. The average Bonchev–Trinajstić information content (AvgIpc) is 3.20. The quantitative estimate of drug-likeness (QED) is 0.738. The first-order valence-electron chi connectivity index (χ1n) is 11.1. The van der Waals surface area contributed by atoms with Crippen molar-refractivity contribution in [2.75, 3.05) is 39.3 Å². The smallest absolute Gasteiger partial charge is 0.270 e. The molecule has 3 heterocycles. The van der Waals surface area contributed by atoms with Crippen molar-refractivity contribution in [3.8, 4) is 0 Å². The Balaban J connectivity index is 1.21. The van der Waals surface area contributed by atoms with Gasteiger partial charge >= 0.3 is 0 Å². The average molecular weight is 409 g/mol. The molecule has 2 aromatic rings. The van der Waals surface area contributed by atoms with Gasteiger partial charge in [-0.2, -0.15) is 0 Å². The lowest BCUT2D eigenvalue weighted by Gasteiger charge is -2.42. The van der Waals surface area contributed by atoms with Crippen LogP contribution in [0.3, 0.4) is 0 Å². The molecular weight excluding hydrogens is 376 g/mol. The van der Waals surface area contributed by atoms with Crippen molar-refractivity contribution in [2.45, 2.75) is 31.7 Å². The predicted octanol–water partition coefficient (Wildman–Crippen LogP) is 2.41. The van der Waals surface area contributed by atoms with Crippen LogP contribution >= 0.6 is 0 Å². The van der Waals surface area contributed by atoms with Gasteiger partial charge in [-0.25, -0.2) is 0 Å². The number of benzene rings is 1. The second-order valence-electron chi connectivity index (χ2n) is 8.48. The van der Waals surface area contributed by atoms with E-state index in [1.807, 2.05) is 34.8 Å². The normalized spacial score (nSPS) is 18.8. The molecule has 2 aliphatic rings. The number of rotatable bonds is 6. The number of hydrogen-bond acceptors (Lipinski definition) is 3. The van der Waals surface area contributed by atoms with Gasteiger partial charge in [0, 0.05) is 45.5 Å². The Bertz CT molecular complexity index is 855. The summed E-state index contributed by atoms with van der Waals surface area (Å²) in [5, 5.41) is 0. The molecule has 0 unspecified atom stereocenters. The van der Waals surface area contributed by atoms with Gasteiger partial charge in [0.2, 0.25) is 5.91 Å². The molecule has 1 aromatic heterocycles. The Morgan fingerprint density at radius 1 is 1.00 bits per heavy atom. The molecule has 2 amide bonds. The van der Waals surface area contributed by atoms with Crippen LogP contribution in [0.2, 0.25) is 0 Å². The topological polar surface area (TPSA) is 48.8 Å². The molecule has 6 heteroatoms. The molecule has 0 spiro atoms. The standard InChI is InChI=1S/C24H32N4O2/c1-25-13-6-10-22(25)24(30)27-17-18-28(23(29)19-27)21-11-15-26(16-12-21)14-5-9-20-7-3-2-4-8-20/h2-4,6-8,10,13,21H,5,9,11-12,14-19H2,1H3. The van der Waals surface area contributed by atoms with Crippen LogP contribution in [0, 0.1) is 0 Å². The van der Waals surface area contributed by atoms with Crippen molar-refractivity contribution in [1.29, 1.82) is 0 Å². The van der Waals surface area contributed by atoms with E-state index in [2.05, 4.69) is 35.2 Å². The Labute approximate surface area is 179 Å². The lowest BCUT2D eigenvalue weighted by molar-refractivity contribution is -0.138. The molecule has 2 fully saturated rings. The minimum atomic E-state index is -0.0521. The van der Waals surface area contributed by atoms with Crippen LogP contribution in [0.25, 0.3) is 0 Å². The van der Waals surface area contributed by atoms with Crippen LogP contribution in [0.5, 0.6) is 0 Å². The predicted molar refractivity (Wildman–Crippen MR) is 117 cm³/mol. The first-order valence-corrected chi connectivity index (χ1v) is 11.1. The summed E-state index contributed by atoms with van der Waals surface area (Å²) in [5.74, 6) is 0.0371. The van der Waals surface area contributed by atoms with Gasteiger partial charge in [-0.05, 0) is 49.9 Å². The zero-order valence-electron chi connectivity index (χ0n) is 17.9. The second kappa shape index (κ2) is 9.47. The summed E-state index contributed by atoms with van der Waals surface area (Å²) in [6.07, 6.45) is 6.22. The van der Waals surface area contributed by atoms with E-state index < -0.39 is 0 Å². The molecule has 0 saturated carbocycles. The lowest BCUT2D eigenvalue weighted by Crippen LogP contribution is -2.57. The molecule has 6 nitrogen and oxygen atoms in total. The van der Waals surface area contributed by atoms with Crippen LogP contribution < -0.4 is 0 Å². The summed E-state index contributed by atoms with van der Waals surface area (Å²) in [5.41, 5.74) is 2.04. The van der Waals surface area contributed by atoms with E-state index in [4.69, 9.17) is 0 Å². The molecule has 0 bridgehead atoms. The first-order chi connectivity index (χ1) is 14.6. The van der Waals surface area contributed by atoms with Gasteiger partial charge in [0.05, 0.1) is 0 Å². The van der Waals surface area contributed by atoms with Crippen molar-refractivity contribution in [2.24, 2.45) is 7.05 Å². The second-order valence-corrected chi connectivity index (χ2v) is 8.48. The Morgan fingerprint density at radius 3 is 2.43 bits per heavy atom. The van der Waals surface area contributed by atoms with Gasteiger partial charge in [-0.15, -0.1) is 0 Å². The number of hydrogen-bond donors (Lipinski definition) is 0. The van der Waals surface area contributed by atoms with Gasteiger partial charge < -0.3 is 19.3 Å². The SMILES string of the molecule is Cn1cccc1C(=O)N1CCN(C2CCN(CCCc3ccccc3)CC2)C(=O)C1. The van der Waals surface area contributed by atoms with Crippen molar-refractivity contribution in [1.82, 2.24) is 19.3 Å². The molecule has 0 aliphatic carbocycles. The van der Waals surface area contributed by atoms with E-state index in [-0.39, 0.29) is 18.4 Å². The molecule has 2 aliphatic heterocycles. The highest BCUT2D eigenvalue weighted by Crippen LogP contribution is 2.20. The minimum Gasteiger partial charge on any atom is -0.347 e. The third kappa shape index (κ3) is 4.75. The number of likely N-dealkylation sites (tertiary alicyclic amines) is 1. The zero-order valence-corrected chi connectivity index (χ0v) is 17.9. The first kappa shape index (κ1) is 20.7. The number of piperazine rings is 1. The molecule has 4 rings (SSSR count). The van der Waals surface area contributed by atoms with Crippen molar-refractivity contribution in [3.05, 3.63) is 59.9 Å². The summed E-state index contributed by atoms with van der Waals surface area (Å²) >= 11 is 0. The van der Waals surface area contributed by atoms with E-state index in [1.54, 1.807) is 4.90 Å². The Kier molecular flexibility index (Phi) is 6.53. The molecule has 0 N–H and O–H groups in total. The number of piperidine rings is 1. The fourth-order valence-corrected chi connectivity index (χ4v) is 4.70. The van der Waals surface area contributed by atoms with Crippen molar-refractivity contribution in [3.63, 3.8) is 0 Å². The molecule has 160 valence electrons. The maximum absolute atomic E-state index is 12.8. The van der Waals surface area contributed by atoms with Crippen LogP contribution in [0.1, 0.15) is 35.3 Å². The van der Waals surface area contributed by atoms with Crippen LogP contribution in [0.4, 0.5) is 0 Å². The van der Waals surface area contributed by atoms with Crippen molar-refractivity contribution < 1.29 is 9.59 Å². The largest absolute Gasteiger partial charge is 0.347 e. The van der Waals surface area contributed by atoms with Gasteiger partial charge in [-0.1, -0.05) is 30.3 Å². The van der Waals surface area contributed by atoms with E-state index in [1.165, 1.54) is 12.0 Å². The number of amides is 2. The fraction of sp³-hybridized carbons (Fsp3) is 0.500. The number of aryl methyl sites for hydroxylation is 2. The van der Waals surface area contributed by atoms with Gasteiger partial charge in [0.1, 0.15) is 12.2 Å². The highest BCUT2D eigenvalue weighted by Gasteiger charge is 2.34. The van der Waals surface area contributed by atoms with E-state index in [9.17, 15) is 9.59 Å². The van der Waals surface area contributed by atoms with Gasteiger partial charge in [0.15, 0.2) is 0 Å². The molecule has 0 radical (unpaired) electrons. The van der Waals surface area contributed by atoms with Crippen molar-refractivity contribution >= 4 is 11.8 Å². The number of nitrogens with zero attached hydrogens (tertiary/aromatic N) is 4. The molecule has 1 aromatic carbocycles. The van der Waals surface area contributed by atoms with Gasteiger partial charge in [0.25, 0.3) is 5.91 Å². The lowest BCUT2D eigenvalue weighted by atomic mass is 10.0.